The molecule has 0 radical (unpaired) electrons. The van der Waals surface area contributed by atoms with E-state index in [0.29, 0.717) is 5.92 Å². The minimum Gasteiger partial charge on any atom is -0.490 e. The van der Waals surface area contributed by atoms with E-state index >= 15 is 0 Å². The minimum atomic E-state index is 0.0640. The molecule has 0 spiro atoms. The summed E-state index contributed by atoms with van der Waals surface area (Å²) in [5.41, 5.74) is 3.71. The number of ether oxygens (including phenoxy) is 1. The molecule has 1 aliphatic carbocycles. The molecule has 1 saturated heterocycles. The lowest BCUT2D eigenvalue weighted by Crippen LogP contribution is -2.47. The van der Waals surface area contributed by atoms with E-state index in [2.05, 4.69) is 66.0 Å². The Hall–Kier alpha value is -3.27. The monoisotopic (exact) mass is 412 g/mol. The van der Waals surface area contributed by atoms with Gasteiger partial charge in [-0.15, -0.1) is 0 Å². The van der Waals surface area contributed by atoms with Gasteiger partial charge in [0, 0.05) is 37.9 Å². The Morgan fingerprint density at radius 2 is 1.42 bits per heavy atom. The zero-order chi connectivity index (χ0) is 21.0. The Labute approximate surface area is 183 Å². The van der Waals surface area contributed by atoms with Gasteiger partial charge in [-0.3, -0.25) is 0 Å². The van der Waals surface area contributed by atoms with Crippen LogP contribution in [0.1, 0.15) is 30.7 Å². The first-order chi connectivity index (χ1) is 15.3. The molecule has 2 amide bonds. The Bertz CT molecular complexity index is 996. The highest BCUT2D eigenvalue weighted by Crippen LogP contribution is 2.40. The summed E-state index contributed by atoms with van der Waals surface area (Å²) in [4.78, 5) is 14.6. The van der Waals surface area contributed by atoms with Gasteiger partial charge in [-0.1, -0.05) is 72.8 Å². The molecule has 0 bridgehead atoms. The lowest BCUT2D eigenvalue weighted by atomic mass is 10.1. The molecule has 4 nitrogen and oxygen atoms in total. The average Bonchev–Trinajstić information content (AvgIpc) is 3.60. The number of rotatable bonds is 5. The maximum atomic E-state index is 12.6. The molecular weight excluding hydrogens is 384 g/mol. The van der Waals surface area contributed by atoms with Crippen molar-refractivity contribution >= 4 is 6.03 Å². The Morgan fingerprint density at radius 1 is 0.806 bits per heavy atom. The number of likely N-dealkylation sites (tertiary alicyclic amines) is 1. The van der Waals surface area contributed by atoms with Crippen LogP contribution in [-0.4, -0.2) is 36.2 Å². The Balaban J connectivity index is 1.08. The number of hydrogen-bond donors (Lipinski definition) is 1. The van der Waals surface area contributed by atoms with E-state index in [9.17, 15) is 4.79 Å². The van der Waals surface area contributed by atoms with E-state index in [4.69, 9.17) is 4.74 Å². The topological polar surface area (TPSA) is 41.6 Å². The van der Waals surface area contributed by atoms with E-state index in [1.807, 2.05) is 29.2 Å². The summed E-state index contributed by atoms with van der Waals surface area (Å²) in [6.07, 6.45) is 2.92. The number of carbonyl (C=O) groups excluding carboxylic acids is 1. The largest absolute Gasteiger partial charge is 0.490 e. The van der Waals surface area contributed by atoms with E-state index in [1.54, 1.807) is 0 Å². The van der Waals surface area contributed by atoms with Crippen molar-refractivity contribution in [3.63, 3.8) is 0 Å². The fraction of sp³-hybridized carbons (Fsp3) is 0.296. The number of piperidine rings is 1. The van der Waals surface area contributed by atoms with Gasteiger partial charge in [0.05, 0.1) is 0 Å². The highest BCUT2D eigenvalue weighted by atomic mass is 16.5. The molecule has 1 heterocycles. The number of amides is 2. The first-order valence-electron chi connectivity index (χ1n) is 11.2. The van der Waals surface area contributed by atoms with Crippen LogP contribution in [0.5, 0.6) is 5.75 Å². The predicted octanol–water partition coefficient (Wildman–Crippen LogP) is 5.46. The van der Waals surface area contributed by atoms with Crippen LogP contribution in [0, 0.1) is 0 Å². The highest BCUT2D eigenvalue weighted by Gasteiger charge is 2.40. The molecular formula is C27H28N2O2. The Morgan fingerprint density at radius 3 is 2.10 bits per heavy atom. The van der Waals surface area contributed by atoms with Crippen molar-refractivity contribution in [2.24, 2.45) is 0 Å². The third-order valence-electron chi connectivity index (χ3n) is 6.32. The molecule has 0 aromatic heterocycles. The van der Waals surface area contributed by atoms with Gasteiger partial charge >= 0.3 is 6.03 Å². The smallest absolute Gasteiger partial charge is 0.317 e. The maximum absolute atomic E-state index is 12.6. The molecule has 1 saturated carbocycles. The van der Waals surface area contributed by atoms with Gasteiger partial charge in [0.15, 0.2) is 0 Å². The molecule has 2 atom stereocenters. The van der Waals surface area contributed by atoms with Crippen LogP contribution in [0.25, 0.3) is 11.1 Å². The summed E-state index contributed by atoms with van der Waals surface area (Å²) < 4.78 is 6.18. The van der Waals surface area contributed by atoms with Crippen molar-refractivity contribution in [3.8, 4) is 16.9 Å². The van der Waals surface area contributed by atoms with Gasteiger partial charge in [-0.05, 0) is 35.2 Å². The van der Waals surface area contributed by atoms with Crippen molar-refractivity contribution in [1.29, 1.82) is 0 Å². The molecule has 5 rings (SSSR count). The first-order valence-corrected chi connectivity index (χ1v) is 11.2. The molecule has 31 heavy (non-hydrogen) atoms. The van der Waals surface area contributed by atoms with E-state index < -0.39 is 0 Å². The lowest BCUT2D eigenvalue weighted by molar-refractivity contribution is 0.111. The zero-order valence-corrected chi connectivity index (χ0v) is 17.6. The molecule has 2 aliphatic rings. The number of nitrogens with one attached hydrogen (secondary N) is 1. The van der Waals surface area contributed by atoms with Crippen LogP contribution in [0.4, 0.5) is 4.79 Å². The third kappa shape index (κ3) is 4.74. The third-order valence-corrected chi connectivity index (χ3v) is 6.32. The second-order valence-corrected chi connectivity index (χ2v) is 8.50. The normalized spacial score (nSPS) is 20.8. The van der Waals surface area contributed by atoms with Crippen LogP contribution >= 0.6 is 0 Å². The number of carbonyl (C=O) groups is 1. The van der Waals surface area contributed by atoms with Gasteiger partial charge in [-0.25, -0.2) is 4.79 Å². The zero-order valence-electron chi connectivity index (χ0n) is 17.6. The van der Waals surface area contributed by atoms with Gasteiger partial charge in [0.2, 0.25) is 0 Å². The summed E-state index contributed by atoms with van der Waals surface area (Å²) >= 11 is 0. The van der Waals surface area contributed by atoms with Crippen molar-refractivity contribution in [1.82, 2.24) is 10.2 Å². The molecule has 4 heteroatoms. The van der Waals surface area contributed by atoms with Crippen molar-refractivity contribution in [2.45, 2.75) is 37.3 Å². The van der Waals surface area contributed by atoms with Crippen LogP contribution in [-0.2, 0) is 0 Å². The van der Waals surface area contributed by atoms with Gasteiger partial charge in [-0.2, -0.15) is 0 Å². The SMILES string of the molecule is O=C(N[C@H]1C[C@@H]1c1ccccc1)N1CCC(Oc2ccc(-c3ccccc3)cc2)CC1. The second-order valence-electron chi connectivity index (χ2n) is 8.50. The van der Waals surface area contributed by atoms with Crippen LogP contribution in [0.2, 0.25) is 0 Å². The summed E-state index contributed by atoms with van der Waals surface area (Å²) in [7, 11) is 0. The Kier molecular flexibility index (Phi) is 5.61. The number of urea groups is 1. The van der Waals surface area contributed by atoms with Gasteiger partial charge in [0.1, 0.15) is 11.9 Å². The molecule has 1 N–H and O–H groups in total. The van der Waals surface area contributed by atoms with E-state index in [1.165, 1.54) is 16.7 Å². The van der Waals surface area contributed by atoms with Crippen LogP contribution in [0.15, 0.2) is 84.9 Å². The quantitative estimate of drug-likeness (QED) is 0.604. The first kappa shape index (κ1) is 19.7. The summed E-state index contributed by atoms with van der Waals surface area (Å²) in [6.45, 7) is 1.47. The van der Waals surface area contributed by atoms with Gasteiger partial charge < -0.3 is 15.0 Å². The van der Waals surface area contributed by atoms with Gasteiger partial charge in [0.25, 0.3) is 0 Å². The van der Waals surface area contributed by atoms with Crippen molar-refractivity contribution < 1.29 is 9.53 Å². The van der Waals surface area contributed by atoms with E-state index in [0.717, 1.165) is 38.1 Å². The van der Waals surface area contributed by atoms with Crippen LogP contribution < -0.4 is 10.1 Å². The second kappa shape index (κ2) is 8.84. The molecule has 2 fully saturated rings. The van der Waals surface area contributed by atoms with Crippen molar-refractivity contribution in [3.05, 3.63) is 90.5 Å². The molecule has 3 aromatic rings. The van der Waals surface area contributed by atoms with E-state index in [-0.39, 0.29) is 18.2 Å². The number of benzene rings is 3. The minimum absolute atomic E-state index is 0.0640. The fourth-order valence-electron chi connectivity index (χ4n) is 4.40. The highest BCUT2D eigenvalue weighted by molar-refractivity contribution is 5.75. The summed E-state index contributed by atoms with van der Waals surface area (Å²) in [6, 6.07) is 29.4. The number of hydrogen-bond acceptors (Lipinski definition) is 2. The number of nitrogens with zero attached hydrogens (tertiary/aromatic N) is 1. The molecule has 3 aromatic carbocycles. The molecule has 158 valence electrons. The predicted molar refractivity (Wildman–Crippen MR) is 123 cm³/mol. The van der Waals surface area contributed by atoms with Crippen molar-refractivity contribution in [2.75, 3.05) is 13.1 Å². The molecule has 1 aliphatic heterocycles. The van der Waals surface area contributed by atoms with Crippen LogP contribution in [0.3, 0.4) is 0 Å². The molecule has 0 unspecified atom stereocenters. The standard InChI is InChI=1S/C27H28N2O2/c30-27(28-26-19-25(26)22-9-5-2-6-10-22)29-17-15-24(16-18-29)31-23-13-11-21(12-14-23)20-7-3-1-4-8-20/h1-14,24-26H,15-19H2,(H,28,30)/t25-,26+/m1/s1. The summed E-state index contributed by atoms with van der Waals surface area (Å²) in [5.74, 6) is 1.36. The fourth-order valence-corrected chi connectivity index (χ4v) is 4.40. The summed E-state index contributed by atoms with van der Waals surface area (Å²) in [5, 5.41) is 3.20. The average molecular weight is 413 g/mol. The maximum Gasteiger partial charge on any atom is 0.317 e. The lowest BCUT2D eigenvalue weighted by Gasteiger charge is -2.32.